The molecule has 0 bridgehead atoms. The van der Waals surface area contributed by atoms with Crippen molar-refractivity contribution in [1.29, 1.82) is 0 Å². The van der Waals surface area contributed by atoms with E-state index in [9.17, 15) is 19.5 Å². The molecule has 1 aromatic carbocycles. The third-order valence-corrected chi connectivity index (χ3v) is 6.28. The minimum atomic E-state index is -1.05. The lowest BCUT2D eigenvalue weighted by Crippen LogP contribution is -2.41. The number of amides is 3. The van der Waals surface area contributed by atoms with Crippen LogP contribution in [0.3, 0.4) is 0 Å². The molecule has 1 aliphatic rings. The third kappa shape index (κ3) is 5.11. The standard InChI is InChI=1S/C22H28ClN5O4/c1-22(2,32)13-6-9-15(23)16(10-13)27-20(30)12-4-7-14(8-5-12)28(3)21(31)18-17(19(24)29)25-11-26-18/h6,9-12,14,32H,4-5,7-8H2,1-3H3,(H2,24,29)(H,25,26)(H,27,30). The van der Waals surface area contributed by atoms with Crippen molar-refractivity contribution in [2.24, 2.45) is 11.7 Å². The Morgan fingerprint density at radius 2 is 1.91 bits per heavy atom. The molecule has 0 unspecified atom stereocenters. The average molecular weight is 462 g/mol. The van der Waals surface area contributed by atoms with E-state index < -0.39 is 11.5 Å². The Bertz CT molecular complexity index is 1020. The van der Waals surface area contributed by atoms with Gasteiger partial charge in [-0.3, -0.25) is 14.4 Å². The number of hydrogen-bond acceptors (Lipinski definition) is 5. The fraction of sp³-hybridized carbons (Fsp3) is 0.455. The zero-order valence-corrected chi connectivity index (χ0v) is 19.1. The van der Waals surface area contributed by atoms with Crippen molar-refractivity contribution < 1.29 is 19.5 Å². The molecule has 10 heteroatoms. The quantitative estimate of drug-likeness (QED) is 0.523. The highest BCUT2D eigenvalue weighted by Gasteiger charge is 2.32. The van der Waals surface area contributed by atoms with E-state index in [2.05, 4.69) is 15.3 Å². The Morgan fingerprint density at radius 1 is 1.25 bits per heavy atom. The Morgan fingerprint density at radius 3 is 2.50 bits per heavy atom. The summed E-state index contributed by atoms with van der Waals surface area (Å²) in [5.74, 6) is -1.49. The Kier molecular flexibility index (Phi) is 6.90. The second-order valence-corrected chi connectivity index (χ2v) is 9.06. The molecule has 0 spiro atoms. The summed E-state index contributed by atoms with van der Waals surface area (Å²) >= 11 is 6.23. The molecule has 32 heavy (non-hydrogen) atoms. The molecule has 5 N–H and O–H groups in total. The van der Waals surface area contributed by atoms with Crippen LogP contribution in [0.1, 0.15) is 66.1 Å². The van der Waals surface area contributed by atoms with Gasteiger partial charge in [-0.2, -0.15) is 0 Å². The zero-order valence-electron chi connectivity index (χ0n) is 18.3. The predicted octanol–water partition coefficient (Wildman–Crippen LogP) is 2.66. The maximum atomic E-state index is 12.8. The van der Waals surface area contributed by atoms with Crippen molar-refractivity contribution in [2.75, 3.05) is 12.4 Å². The van der Waals surface area contributed by atoms with Crippen LogP contribution in [0.4, 0.5) is 5.69 Å². The van der Waals surface area contributed by atoms with Gasteiger partial charge in [0, 0.05) is 19.0 Å². The number of aromatic nitrogens is 2. The van der Waals surface area contributed by atoms with Crippen molar-refractivity contribution in [3.8, 4) is 0 Å². The van der Waals surface area contributed by atoms with Crippen LogP contribution in [0.15, 0.2) is 24.5 Å². The van der Waals surface area contributed by atoms with Gasteiger partial charge < -0.3 is 26.0 Å². The molecule has 1 aromatic heterocycles. The first-order chi connectivity index (χ1) is 15.0. The monoisotopic (exact) mass is 461 g/mol. The molecule has 1 saturated carbocycles. The minimum absolute atomic E-state index is 0.0706. The summed E-state index contributed by atoms with van der Waals surface area (Å²) in [4.78, 5) is 45.1. The number of nitrogens with zero attached hydrogens (tertiary/aromatic N) is 2. The van der Waals surface area contributed by atoms with E-state index in [1.807, 2.05) is 0 Å². The van der Waals surface area contributed by atoms with Crippen molar-refractivity contribution in [3.63, 3.8) is 0 Å². The lowest BCUT2D eigenvalue weighted by molar-refractivity contribution is -0.121. The third-order valence-electron chi connectivity index (χ3n) is 5.95. The number of H-pyrrole nitrogens is 1. The molecule has 0 saturated heterocycles. The summed E-state index contributed by atoms with van der Waals surface area (Å²) in [6.45, 7) is 3.33. The van der Waals surface area contributed by atoms with Gasteiger partial charge in [0.2, 0.25) is 5.91 Å². The van der Waals surface area contributed by atoms with Gasteiger partial charge in [0.15, 0.2) is 5.69 Å². The number of hydrogen-bond donors (Lipinski definition) is 4. The number of benzene rings is 1. The van der Waals surface area contributed by atoms with Crippen LogP contribution in [0.25, 0.3) is 0 Å². The zero-order chi connectivity index (χ0) is 23.6. The fourth-order valence-corrected chi connectivity index (χ4v) is 4.11. The number of imidazole rings is 1. The second-order valence-electron chi connectivity index (χ2n) is 8.65. The molecule has 0 radical (unpaired) electrons. The molecule has 1 heterocycles. The SMILES string of the molecule is CN(C(=O)c1[nH]cnc1C(N)=O)C1CCC(C(=O)Nc2cc(C(C)(C)O)ccc2Cl)CC1. The van der Waals surface area contributed by atoms with Crippen LogP contribution in [-0.2, 0) is 10.4 Å². The van der Waals surface area contributed by atoms with E-state index in [4.69, 9.17) is 17.3 Å². The van der Waals surface area contributed by atoms with Crippen molar-refractivity contribution in [1.82, 2.24) is 14.9 Å². The summed E-state index contributed by atoms with van der Waals surface area (Å²) in [6, 6.07) is 4.98. The smallest absolute Gasteiger partial charge is 0.272 e. The average Bonchev–Trinajstić information content (AvgIpc) is 3.24. The first-order valence-electron chi connectivity index (χ1n) is 10.4. The van der Waals surface area contributed by atoms with Crippen molar-refractivity contribution >= 4 is 35.0 Å². The number of aromatic amines is 1. The fourth-order valence-electron chi connectivity index (χ4n) is 3.95. The number of primary amides is 1. The summed E-state index contributed by atoms with van der Waals surface area (Å²) < 4.78 is 0. The largest absolute Gasteiger partial charge is 0.386 e. The minimum Gasteiger partial charge on any atom is -0.386 e. The molecular weight excluding hydrogens is 434 g/mol. The van der Waals surface area contributed by atoms with E-state index in [0.29, 0.717) is 42.0 Å². The Balaban J connectivity index is 1.61. The Labute approximate surface area is 191 Å². The van der Waals surface area contributed by atoms with Crippen LogP contribution >= 0.6 is 11.6 Å². The van der Waals surface area contributed by atoms with Crippen LogP contribution in [-0.4, -0.2) is 50.8 Å². The van der Waals surface area contributed by atoms with E-state index in [1.54, 1.807) is 44.0 Å². The van der Waals surface area contributed by atoms with Crippen molar-refractivity contribution in [2.45, 2.75) is 51.2 Å². The molecule has 0 atom stereocenters. The van der Waals surface area contributed by atoms with E-state index >= 15 is 0 Å². The second kappa shape index (κ2) is 9.30. The molecule has 172 valence electrons. The summed E-state index contributed by atoms with van der Waals surface area (Å²) in [6.07, 6.45) is 3.74. The number of nitrogens with one attached hydrogen (secondary N) is 2. The predicted molar refractivity (Wildman–Crippen MR) is 120 cm³/mol. The maximum absolute atomic E-state index is 12.8. The molecule has 2 aromatic rings. The van der Waals surface area contributed by atoms with Gasteiger partial charge in [0.1, 0.15) is 5.69 Å². The molecular formula is C22H28ClN5O4. The number of anilines is 1. The molecule has 9 nitrogen and oxygen atoms in total. The lowest BCUT2D eigenvalue weighted by atomic mass is 9.84. The summed E-state index contributed by atoms with van der Waals surface area (Å²) in [5, 5.41) is 13.5. The van der Waals surface area contributed by atoms with Gasteiger partial charge >= 0.3 is 0 Å². The van der Waals surface area contributed by atoms with Crippen LogP contribution in [0.5, 0.6) is 0 Å². The van der Waals surface area contributed by atoms with Gasteiger partial charge in [0.05, 0.1) is 22.6 Å². The number of carbonyl (C=O) groups excluding carboxylic acids is 3. The highest BCUT2D eigenvalue weighted by atomic mass is 35.5. The molecule has 3 amide bonds. The summed E-state index contributed by atoms with van der Waals surface area (Å²) in [7, 11) is 1.67. The van der Waals surface area contributed by atoms with Crippen molar-refractivity contribution in [3.05, 3.63) is 46.5 Å². The first-order valence-corrected chi connectivity index (χ1v) is 10.8. The number of rotatable bonds is 6. The topological polar surface area (TPSA) is 141 Å². The van der Waals surface area contributed by atoms with Crippen LogP contribution in [0.2, 0.25) is 5.02 Å². The lowest BCUT2D eigenvalue weighted by Gasteiger charge is -2.34. The normalized spacial score (nSPS) is 18.8. The number of halogens is 1. The number of nitrogens with two attached hydrogens (primary N) is 1. The summed E-state index contributed by atoms with van der Waals surface area (Å²) in [5.41, 5.74) is 5.32. The van der Waals surface area contributed by atoms with Gasteiger partial charge in [-0.15, -0.1) is 0 Å². The highest BCUT2D eigenvalue weighted by molar-refractivity contribution is 6.33. The number of carbonyl (C=O) groups is 3. The maximum Gasteiger partial charge on any atom is 0.272 e. The molecule has 1 fully saturated rings. The highest BCUT2D eigenvalue weighted by Crippen LogP contribution is 2.32. The Hall–Kier alpha value is -2.91. The van der Waals surface area contributed by atoms with Gasteiger partial charge in [-0.25, -0.2) is 4.98 Å². The van der Waals surface area contributed by atoms with Gasteiger partial charge in [-0.05, 0) is 57.2 Å². The molecule has 0 aliphatic heterocycles. The first kappa shape index (κ1) is 23.7. The van der Waals surface area contributed by atoms with Crippen LogP contribution < -0.4 is 11.1 Å². The van der Waals surface area contributed by atoms with Gasteiger partial charge in [0.25, 0.3) is 11.8 Å². The van der Waals surface area contributed by atoms with E-state index in [0.717, 1.165) is 0 Å². The van der Waals surface area contributed by atoms with E-state index in [-0.39, 0.29) is 35.2 Å². The van der Waals surface area contributed by atoms with Gasteiger partial charge in [-0.1, -0.05) is 17.7 Å². The number of aliphatic hydroxyl groups is 1. The molecule has 3 rings (SSSR count). The molecule has 1 aliphatic carbocycles. The van der Waals surface area contributed by atoms with Crippen LogP contribution in [0, 0.1) is 5.92 Å². The van der Waals surface area contributed by atoms with E-state index in [1.165, 1.54) is 6.33 Å².